The van der Waals surface area contributed by atoms with Gasteiger partial charge in [0.1, 0.15) is 11.5 Å². The summed E-state index contributed by atoms with van der Waals surface area (Å²) in [4.78, 5) is 24.8. The van der Waals surface area contributed by atoms with Gasteiger partial charge in [0.05, 0.1) is 11.5 Å². The molecule has 110 valence electrons. The zero-order chi connectivity index (χ0) is 14.9. The van der Waals surface area contributed by atoms with Crippen LogP contribution in [0, 0.1) is 12.3 Å². The summed E-state index contributed by atoms with van der Waals surface area (Å²) in [6, 6.07) is 3.17. The fraction of sp³-hybridized carbons (Fsp3) is 0.571. The topological polar surface area (TPSA) is 82.8 Å². The largest absolute Gasteiger partial charge is 0.481 e. The molecule has 1 saturated heterocycles. The van der Waals surface area contributed by atoms with Crippen LogP contribution in [-0.2, 0) is 4.79 Å². The van der Waals surface area contributed by atoms with E-state index in [1.165, 1.54) is 0 Å². The molecular formula is C14H20N2O4. The highest BCUT2D eigenvalue weighted by Gasteiger charge is 2.42. The third kappa shape index (κ3) is 2.79. The molecule has 0 radical (unpaired) electrons. The molecule has 0 aliphatic carbocycles. The number of nitrogens with one attached hydrogen (secondary N) is 1. The molecule has 6 nitrogen and oxygen atoms in total. The van der Waals surface area contributed by atoms with Crippen molar-refractivity contribution in [2.75, 3.05) is 13.1 Å². The maximum atomic E-state index is 12.1. The summed E-state index contributed by atoms with van der Waals surface area (Å²) >= 11 is 0. The van der Waals surface area contributed by atoms with Crippen LogP contribution in [0.4, 0.5) is 4.79 Å². The van der Waals surface area contributed by atoms with E-state index in [9.17, 15) is 9.59 Å². The second-order valence-corrected chi connectivity index (χ2v) is 5.66. The summed E-state index contributed by atoms with van der Waals surface area (Å²) in [6.07, 6.45) is 0.476. The Bertz CT molecular complexity index is 525. The SMILES string of the molecule is Cc1ccc(C(C)NC(=O)N2CCC(C)(C(=O)O)C2)o1. The van der Waals surface area contributed by atoms with Crippen molar-refractivity contribution < 1.29 is 19.1 Å². The van der Waals surface area contributed by atoms with Gasteiger partial charge in [0.2, 0.25) is 0 Å². The standard InChI is InChI=1S/C14H20N2O4/c1-9-4-5-11(20-9)10(2)15-13(19)16-7-6-14(3,8-16)12(17)18/h4-5,10H,6-8H2,1-3H3,(H,15,19)(H,17,18). The van der Waals surface area contributed by atoms with Crippen molar-refractivity contribution in [3.63, 3.8) is 0 Å². The molecule has 6 heteroatoms. The Hall–Kier alpha value is -1.98. The van der Waals surface area contributed by atoms with Crippen molar-refractivity contribution in [3.8, 4) is 0 Å². The normalized spacial score (nSPS) is 23.6. The van der Waals surface area contributed by atoms with Crippen LogP contribution in [0.2, 0.25) is 0 Å². The van der Waals surface area contributed by atoms with Gasteiger partial charge in [-0.05, 0) is 39.3 Å². The number of hydrogen-bond donors (Lipinski definition) is 2. The zero-order valence-electron chi connectivity index (χ0n) is 12.0. The van der Waals surface area contributed by atoms with Crippen molar-refractivity contribution >= 4 is 12.0 Å². The van der Waals surface area contributed by atoms with E-state index in [0.717, 1.165) is 5.76 Å². The number of carboxylic acid groups (broad SMARTS) is 1. The molecule has 1 aromatic rings. The van der Waals surface area contributed by atoms with Gasteiger partial charge in [0.15, 0.2) is 0 Å². The average molecular weight is 280 g/mol. The molecule has 20 heavy (non-hydrogen) atoms. The maximum Gasteiger partial charge on any atom is 0.318 e. The third-order valence-electron chi connectivity index (χ3n) is 3.80. The summed E-state index contributed by atoms with van der Waals surface area (Å²) in [5.74, 6) is 0.624. The van der Waals surface area contributed by atoms with Crippen LogP contribution in [0.3, 0.4) is 0 Å². The Morgan fingerprint density at radius 3 is 2.70 bits per heavy atom. The van der Waals surface area contributed by atoms with E-state index in [2.05, 4.69) is 5.32 Å². The predicted molar refractivity (Wildman–Crippen MR) is 72.3 cm³/mol. The molecule has 0 saturated carbocycles. The Morgan fingerprint density at radius 2 is 2.20 bits per heavy atom. The van der Waals surface area contributed by atoms with E-state index in [4.69, 9.17) is 9.52 Å². The number of carbonyl (C=O) groups is 2. The van der Waals surface area contributed by atoms with Crippen LogP contribution in [0.25, 0.3) is 0 Å². The van der Waals surface area contributed by atoms with E-state index in [1.54, 1.807) is 11.8 Å². The van der Waals surface area contributed by atoms with Gasteiger partial charge in [-0.15, -0.1) is 0 Å². The van der Waals surface area contributed by atoms with Crippen molar-refractivity contribution in [2.45, 2.75) is 33.2 Å². The van der Waals surface area contributed by atoms with E-state index >= 15 is 0 Å². The van der Waals surface area contributed by atoms with Crippen molar-refractivity contribution in [2.24, 2.45) is 5.41 Å². The molecule has 2 amide bonds. The lowest BCUT2D eigenvalue weighted by Crippen LogP contribution is -2.41. The van der Waals surface area contributed by atoms with E-state index in [0.29, 0.717) is 18.7 Å². The first-order valence-electron chi connectivity index (χ1n) is 6.67. The lowest BCUT2D eigenvalue weighted by molar-refractivity contribution is -0.147. The Balaban J connectivity index is 1.95. The number of hydrogen-bond acceptors (Lipinski definition) is 3. The first-order valence-corrected chi connectivity index (χ1v) is 6.67. The van der Waals surface area contributed by atoms with Crippen molar-refractivity contribution in [3.05, 3.63) is 23.7 Å². The zero-order valence-corrected chi connectivity index (χ0v) is 12.0. The number of furan rings is 1. The van der Waals surface area contributed by atoms with Gasteiger partial charge < -0.3 is 19.7 Å². The average Bonchev–Trinajstić information content (AvgIpc) is 2.96. The lowest BCUT2D eigenvalue weighted by Gasteiger charge is -2.22. The molecule has 2 rings (SSSR count). The molecule has 1 fully saturated rings. The highest BCUT2D eigenvalue weighted by atomic mass is 16.4. The number of nitrogens with zero attached hydrogens (tertiary/aromatic N) is 1. The third-order valence-corrected chi connectivity index (χ3v) is 3.80. The van der Waals surface area contributed by atoms with Crippen LogP contribution in [0.1, 0.15) is 37.8 Å². The Labute approximate surface area is 117 Å². The van der Waals surface area contributed by atoms with Gasteiger partial charge in [-0.2, -0.15) is 0 Å². The second-order valence-electron chi connectivity index (χ2n) is 5.66. The first kappa shape index (κ1) is 14.4. The quantitative estimate of drug-likeness (QED) is 0.888. The van der Waals surface area contributed by atoms with Crippen molar-refractivity contribution in [1.82, 2.24) is 10.2 Å². The van der Waals surface area contributed by atoms with E-state index in [-0.39, 0.29) is 18.6 Å². The van der Waals surface area contributed by atoms with Gasteiger partial charge in [0.25, 0.3) is 0 Å². The lowest BCUT2D eigenvalue weighted by atomic mass is 9.90. The number of urea groups is 1. The van der Waals surface area contributed by atoms with Crippen LogP contribution >= 0.6 is 0 Å². The van der Waals surface area contributed by atoms with Gasteiger partial charge in [-0.1, -0.05) is 0 Å². The molecule has 2 N–H and O–H groups in total. The monoisotopic (exact) mass is 280 g/mol. The van der Waals surface area contributed by atoms with Crippen LogP contribution < -0.4 is 5.32 Å². The fourth-order valence-corrected chi connectivity index (χ4v) is 2.34. The molecule has 1 aliphatic heterocycles. The van der Waals surface area contributed by atoms with Crippen LogP contribution in [0.15, 0.2) is 16.5 Å². The first-order chi connectivity index (χ1) is 9.32. The number of rotatable bonds is 3. The smallest absolute Gasteiger partial charge is 0.318 e. The Kier molecular flexibility index (Phi) is 3.74. The van der Waals surface area contributed by atoms with Crippen LogP contribution in [-0.4, -0.2) is 35.1 Å². The molecule has 2 heterocycles. The molecule has 0 aromatic carbocycles. The molecule has 1 aromatic heterocycles. The minimum Gasteiger partial charge on any atom is -0.481 e. The fourth-order valence-electron chi connectivity index (χ4n) is 2.34. The highest BCUT2D eigenvalue weighted by Crippen LogP contribution is 2.30. The molecule has 2 unspecified atom stereocenters. The molecule has 2 atom stereocenters. The summed E-state index contributed by atoms with van der Waals surface area (Å²) < 4.78 is 5.46. The molecule has 0 bridgehead atoms. The van der Waals surface area contributed by atoms with E-state index < -0.39 is 11.4 Å². The minimum absolute atomic E-state index is 0.234. The Morgan fingerprint density at radius 1 is 1.50 bits per heavy atom. The summed E-state index contributed by atoms with van der Waals surface area (Å²) in [6.45, 7) is 6.04. The maximum absolute atomic E-state index is 12.1. The number of carbonyl (C=O) groups excluding carboxylic acids is 1. The molecular weight excluding hydrogens is 260 g/mol. The van der Waals surface area contributed by atoms with Crippen molar-refractivity contribution in [1.29, 1.82) is 0 Å². The molecule has 0 spiro atoms. The minimum atomic E-state index is -0.859. The number of likely N-dealkylation sites (tertiary alicyclic amines) is 1. The van der Waals surface area contributed by atoms with Gasteiger partial charge in [-0.3, -0.25) is 4.79 Å². The highest BCUT2D eigenvalue weighted by molar-refractivity contribution is 5.79. The van der Waals surface area contributed by atoms with Gasteiger partial charge in [0, 0.05) is 13.1 Å². The second kappa shape index (κ2) is 5.19. The van der Waals surface area contributed by atoms with Gasteiger partial charge >= 0.3 is 12.0 Å². The number of amides is 2. The molecule has 1 aliphatic rings. The van der Waals surface area contributed by atoms with Gasteiger partial charge in [-0.25, -0.2) is 4.79 Å². The van der Waals surface area contributed by atoms with Crippen LogP contribution in [0.5, 0.6) is 0 Å². The predicted octanol–water partition coefficient (Wildman–Crippen LogP) is 2.16. The summed E-state index contributed by atoms with van der Waals surface area (Å²) in [7, 11) is 0. The summed E-state index contributed by atoms with van der Waals surface area (Å²) in [5, 5.41) is 12.0. The summed E-state index contributed by atoms with van der Waals surface area (Å²) in [5.41, 5.74) is -0.845. The van der Waals surface area contributed by atoms with E-state index in [1.807, 2.05) is 26.0 Å². The number of aryl methyl sites for hydroxylation is 1. The number of carboxylic acids is 1. The number of aliphatic carboxylic acids is 1.